The zero-order valence-electron chi connectivity index (χ0n) is 12.3. The number of nitriles is 1. The molecule has 2 aliphatic rings. The van der Waals surface area contributed by atoms with Crippen LogP contribution in [-0.4, -0.2) is 54.3 Å². The van der Waals surface area contributed by atoms with Crippen molar-refractivity contribution in [3.63, 3.8) is 0 Å². The normalized spacial score (nSPS) is 19.0. The van der Waals surface area contributed by atoms with Gasteiger partial charge in [-0.3, -0.25) is 9.59 Å². The molecule has 0 radical (unpaired) electrons. The third-order valence-electron chi connectivity index (χ3n) is 3.88. The van der Waals surface area contributed by atoms with Crippen LogP contribution in [0.15, 0.2) is 11.8 Å². The molecule has 114 valence electrons. The fourth-order valence-corrected chi connectivity index (χ4v) is 2.70. The molecule has 1 N–H and O–H groups in total. The Labute approximate surface area is 125 Å². The molecule has 0 aliphatic carbocycles. The van der Waals surface area contributed by atoms with Crippen molar-refractivity contribution < 1.29 is 9.59 Å². The van der Waals surface area contributed by atoms with Crippen LogP contribution in [-0.2, 0) is 9.59 Å². The third kappa shape index (κ3) is 4.48. The summed E-state index contributed by atoms with van der Waals surface area (Å²) in [7, 11) is 0. The summed E-state index contributed by atoms with van der Waals surface area (Å²) in [4.78, 5) is 27.2. The summed E-state index contributed by atoms with van der Waals surface area (Å²) < 4.78 is 0. The van der Waals surface area contributed by atoms with E-state index in [0.717, 1.165) is 45.3 Å². The lowest BCUT2D eigenvalue weighted by atomic mass is 10.3. The van der Waals surface area contributed by atoms with E-state index in [0.29, 0.717) is 19.5 Å². The highest BCUT2D eigenvalue weighted by atomic mass is 16.2. The summed E-state index contributed by atoms with van der Waals surface area (Å²) in [5.41, 5.74) is 0.161. The molecule has 0 spiro atoms. The third-order valence-corrected chi connectivity index (χ3v) is 3.88. The predicted octanol–water partition coefficient (Wildman–Crippen LogP) is 0.618. The number of amides is 2. The lowest BCUT2D eigenvalue weighted by Gasteiger charge is -2.15. The van der Waals surface area contributed by atoms with Gasteiger partial charge >= 0.3 is 0 Å². The Bertz CT molecular complexity index is 461. The molecule has 0 aromatic heterocycles. The Balaban J connectivity index is 1.70. The van der Waals surface area contributed by atoms with Crippen LogP contribution in [0.25, 0.3) is 0 Å². The summed E-state index contributed by atoms with van der Waals surface area (Å²) in [6, 6.07) is 1.96. The fourth-order valence-electron chi connectivity index (χ4n) is 2.70. The second-order valence-electron chi connectivity index (χ2n) is 5.49. The van der Waals surface area contributed by atoms with Crippen molar-refractivity contribution in [1.29, 1.82) is 5.26 Å². The van der Waals surface area contributed by atoms with E-state index in [9.17, 15) is 9.59 Å². The van der Waals surface area contributed by atoms with Gasteiger partial charge in [0.05, 0.1) is 0 Å². The molecule has 2 fully saturated rings. The Kier molecular flexibility index (Phi) is 5.61. The molecule has 2 amide bonds. The van der Waals surface area contributed by atoms with Gasteiger partial charge in [0.15, 0.2) is 0 Å². The highest BCUT2D eigenvalue weighted by Crippen LogP contribution is 2.10. The molecule has 0 atom stereocenters. The zero-order chi connectivity index (χ0) is 15.1. The van der Waals surface area contributed by atoms with Crippen LogP contribution in [0.4, 0.5) is 0 Å². The predicted molar refractivity (Wildman–Crippen MR) is 77.9 cm³/mol. The largest absolute Gasteiger partial charge is 0.376 e. The van der Waals surface area contributed by atoms with Gasteiger partial charge in [-0.1, -0.05) is 0 Å². The maximum atomic E-state index is 11.9. The van der Waals surface area contributed by atoms with E-state index >= 15 is 0 Å². The van der Waals surface area contributed by atoms with Crippen LogP contribution in [0.5, 0.6) is 0 Å². The average Bonchev–Trinajstić information content (AvgIpc) is 3.12. The van der Waals surface area contributed by atoms with Gasteiger partial charge in [0.25, 0.3) is 5.91 Å². The van der Waals surface area contributed by atoms with Gasteiger partial charge in [0, 0.05) is 45.3 Å². The summed E-state index contributed by atoms with van der Waals surface area (Å²) in [6.07, 6.45) is 6.18. The first-order valence-electron chi connectivity index (χ1n) is 7.62. The molecular weight excluding hydrogens is 268 g/mol. The van der Waals surface area contributed by atoms with E-state index in [1.807, 2.05) is 15.9 Å². The van der Waals surface area contributed by atoms with Crippen LogP contribution in [0.2, 0.25) is 0 Å². The zero-order valence-corrected chi connectivity index (χ0v) is 12.3. The first-order chi connectivity index (χ1) is 10.2. The summed E-state index contributed by atoms with van der Waals surface area (Å²) in [6.45, 7) is 3.81. The number of hydrogen-bond donors (Lipinski definition) is 1. The van der Waals surface area contributed by atoms with Gasteiger partial charge in [0.1, 0.15) is 11.6 Å². The van der Waals surface area contributed by atoms with E-state index in [1.54, 1.807) is 6.20 Å². The van der Waals surface area contributed by atoms with Gasteiger partial charge < -0.3 is 15.1 Å². The molecule has 2 rings (SSSR count). The molecule has 0 aromatic rings. The molecule has 21 heavy (non-hydrogen) atoms. The van der Waals surface area contributed by atoms with Crippen molar-refractivity contribution in [1.82, 2.24) is 15.1 Å². The summed E-state index contributed by atoms with van der Waals surface area (Å²) in [5.74, 6) is -0.120. The van der Waals surface area contributed by atoms with E-state index < -0.39 is 0 Å². The number of carbonyl (C=O) groups is 2. The van der Waals surface area contributed by atoms with E-state index in [2.05, 4.69) is 5.32 Å². The average molecular weight is 290 g/mol. The quantitative estimate of drug-likeness (QED) is 0.442. The standard InChI is InChI=1S/C15H22N4O2/c16-11-13(12-18-7-1-2-8-18)15(21)17-6-4-10-19-9-3-5-14(19)20/h12H,1-10H2,(H,17,21)/b13-12-. The summed E-state index contributed by atoms with van der Waals surface area (Å²) in [5, 5.41) is 11.8. The van der Waals surface area contributed by atoms with Crippen molar-refractivity contribution in [2.45, 2.75) is 32.1 Å². The lowest BCUT2D eigenvalue weighted by molar-refractivity contribution is -0.127. The van der Waals surface area contributed by atoms with Crippen molar-refractivity contribution in [2.75, 3.05) is 32.7 Å². The first kappa shape index (κ1) is 15.4. The number of rotatable bonds is 6. The van der Waals surface area contributed by atoms with Crippen molar-refractivity contribution >= 4 is 11.8 Å². The maximum Gasteiger partial charge on any atom is 0.263 e. The Morgan fingerprint density at radius 3 is 2.67 bits per heavy atom. The van der Waals surface area contributed by atoms with Gasteiger partial charge in [-0.05, 0) is 25.7 Å². The Morgan fingerprint density at radius 2 is 2.05 bits per heavy atom. The molecule has 0 bridgehead atoms. The number of nitrogens with zero attached hydrogens (tertiary/aromatic N) is 3. The van der Waals surface area contributed by atoms with Crippen LogP contribution in [0.1, 0.15) is 32.1 Å². The molecule has 2 aliphatic heterocycles. The summed E-state index contributed by atoms with van der Waals surface area (Å²) >= 11 is 0. The highest BCUT2D eigenvalue weighted by molar-refractivity contribution is 5.97. The van der Waals surface area contributed by atoms with Gasteiger partial charge in [0.2, 0.25) is 5.91 Å². The first-order valence-corrected chi connectivity index (χ1v) is 7.62. The second kappa shape index (κ2) is 7.67. The molecular formula is C15H22N4O2. The Hall–Kier alpha value is -2.03. The molecule has 2 heterocycles. The lowest BCUT2D eigenvalue weighted by Crippen LogP contribution is -2.31. The van der Waals surface area contributed by atoms with Crippen LogP contribution < -0.4 is 5.32 Å². The van der Waals surface area contributed by atoms with Crippen LogP contribution in [0, 0.1) is 11.3 Å². The topological polar surface area (TPSA) is 76.4 Å². The van der Waals surface area contributed by atoms with Gasteiger partial charge in [-0.25, -0.2) is 0 Å². The minimum absolute atomic E-state index is 0.161. The SMILES string of the molecule is N#C/C(=C/N1CCCC1)C(=O)NCCCN1CCCC1=O. The van der Waals surface area contributed by atoms with E-state index in [4.69, 9.17) is 5.26 Å². The van der Waals surface area contributed by atoms with Crippen molar-refractivity contribution in [3.05, 3.63) is 11.8 Å². The molecule has 6 heteroatoms. The van der Waals surface area contributed by atoms with Gasteiger partial charge in [-0.2, -0.15) is 5.26 Å². The maximum absolute atomic E-state index is 11.9. The van der Waals surface area contributed by atoms with Crippen LogP contribution in [0.3, 0.4) is 0 Å². The van der Waals surface area contributed by atoms with E-state index in [1.165, 1.54) is 0 Å². The smallest absolute Gasteiger partial charge is 0.263 e. The number of nitrogens with one attached hydrogen (secondary N) is 1. The molecule has 6 nitrogen and oxygen atoms in total. The monoisotopic (exact) mass is 290 g/mol. The van der Waals surface area contributed by atoms with Crippen LogP contribution >= 0.6 is 0 Å². The fraction of sp³-hybridized carbons (Fsp3) is 0.667. The molecule has 2 saturated heterocycles. The van der Waals surface area contributed by atoms with Gasteiger partial charge in [-0.15, -0.1) is 0 Å². The van der Waals surface area contributed by atoms with E-state index in [-0.39, 0.29) is 17.4 Å². The highest BCUT2D eigenvalue weighted by Gasteiger charge is 2.19. The number of carbonyl (C=O) groups excluding carboxylic acids is 2. The van der Waals surface area contributed by atoms with Crippen molar-refractivity contribution in [3.8, 4) is 6.07 Å². The Morgan fingerprint density at radius 1 is 1.29 bits per heavy atom. The van der Waals surface area contributed by atoms with Crippen molar-refractivity contribution in [2.24, 2.45) is 0 Å². The molecule has 0 aromatic carbocycles. The number of likely N-dealkylation sites (tertiary alicyclic amines) is 2. The minimum atomic E-state index is -0.322. The molecule has 0 unspecified atom stereocenters. The minimum Gasteiger partial charge on any atom is -0.376 e. The number of hydrogen-bond acceptors (Lipinski definition) is 4. The second-order valence-corrected chi connectivity index (χ2v) is 5.49. The molecule has 0 saturated carbocycles.